The van der Waals surface area contributed by atoms with Crippen LogP contribution in [-0.2, 0) is 9.53 Å². The average Bonchev–Trinajstić information content (AvgIpc) is 2.60. The van der Waals surface area contributed by atoms with Crippen molar-refractivity contribution in [2.24, 2.45) is 0 Å². The molecule has 126 valence electrons. The predicted octanol–water partition coefficient (Wildman–Crippen LogP) is 4.27. The molecule has 5 nitrogen and oxygen atoms in total. The van der Waals surface area contributed by atoms with Gasteiger partial charge in [-0.15, -0.1) is 11.8 Å². The van der Waals surface area contributed by atoms with Gasteiger partial charge in [0.15, 0.2) is 0 Å². The predicted molar refractivity (Wildman–Crippen MR) is 98.1 cm³/mol. The van der Waals surface area contributed by atoms with Crippen LogP contribution in [0.2, 0.25) is 5.02 Å². The second-order valence-corrected chi connectivity index (χ2v) is 6.35. The highest BCUT2D eigenvalue weighted by Gasteiger charge is 2.10. The van der Waals surface area contributed by atoms with Crippen molar-refractivity contribution in [2.45, 2.75) is 4.90 Å². The fourth-order valence-corrected chi connectivity index (χ4v) is 2.71. The number of rotatable bonds is 5. The Kier molecular flexibility index (Phi) is 6.52. The van der Waals surface area contributed by atoms with Gasteiger partial charge in [0.1, 0.15) is 0 Å². The van der Waals surface area contributed by atoms with Crippen molar-refractivity contribution in [2.75, 3.05) is 30.1 Å². The largest absolute Gasteiger partial charge is 0.452 e. The Morgan fingerprint density at radius 3 is 2.33 bits per heavy atom. The van der Waals surface area contributed by atoms with Gasteiger partial charge in [0.25, 0.3) is 0 Å². The van der Waals surface area contributed by atoms with Gasteiger partial charge in [0, 0.05) is 28.3 Å². The zero-order valence-electron chi connectivity index (χ0n) is 13.3. The Balaban J connectivity index is 1.87. The van der Waals surface area contributed by atoms with E-state index in [2.05, 4.69) is 10.1 Å². The van der Waals surface area contributed by atoms with Crippen molar-refractivity contribution >= 4 is 46.7 Å². The van der Waals surface area contributed by atoms with Crippen molar-refractivity contribution in [3.63, 3.8) is 0 Å². The van der Waals surface area contributed by atoms with E-state index in [-0.39, 0.29) is 5.91 Å². The highest BCUT2D eigenvalue weighted by atomic mass is 35.5. The second kappa shape index (κ2) is 8.61. The van der Waals surface area contributed by atoms with Gasteiger partial charge in [-0.25, -0.2) is 4.79 Å². The van der Waals surface area contributed by atoms with E-state index in [1.54, 1.807) is 43.4 Å². The first-order chi connectivity index (χ1) is 11.5. The van der Waals surface area contributed by atoms with Gasteiger partial charge < -0.3 is 10.1 Å². The minimum absolute atomic E-state index is 0.107. The first-order valence-corrected chi connectivity index (χ1v) is 8.46. The van der Waals surface area contributed by atoms with Crippen molar-refractivity contribution < 1.29 is 14.3 Å². The molecule has 24 heavy (non-hydrogen) atoms. The number of carbonyl (C=O) groups excluding carboxylic acids is 2. The van der Waals surface area contributed by atoms with Crippen LogP contribution in [0.25, 0.3) is 0 Å². The number of nitrogens with one attached hydrogen (secondary N) is 1. The summed E-state index contributed by atoms with van der Waals surface area (Å²) in [5.74, 6) is 0.190. The maximum Gasteiger partial charge on any atom is 0.413 e. The quantitative estimate of drug-likeness (QED) is 0.805. The molecular formula is C17H17ClN2O3S. The number of carbonyl (C=O) groups is 2. The summed E-state index contributed by atoms with van der Waals surface area (Å²) in [5.41, 5.74) is 1.34. The van der Waals surface area contributed by atoms with Gasteiger partial charge >= 0.3 is 6.09 Å². The van der Waals surface area contributed by atoms with E-state index >= 15 is 0 Å². The van der Waals surface area contributed by atoms with Gasteiger partial charge in [-0.05, 0) is 48.5 Å². The lowest BCUT2D eigenvalue weighted by molar-refractivity contribution is -0.113. The number of halogens is 1. The van der Waals surface area contributed by atoms with E-state index in [0.29, 0.717) is 22.2 Å². The van der Waals surface area contributed by atoms with Crippen LogP contribution in [0.3, 0.4) is 0 Å². The van der Waals surface area contributed by atoms with E-state index in [9.17, 15) is 9.59 Å². The molecule has 2 amide bonds. The Morgan fingerprint density at radius 1 is 1.12 bits per heavy atom. The lowest BCUT2D eigenvalue weighted by Crippen LogP contribution is -2.25. The number of hydrogen-bond donors (Lipinski definition) is 1. The van der Waals surface area contributed by atoms with E-state index in [4.69, 9.17) is 11.6 Å². The smallest absolute Gasteiger partial charge is 0.413 e. The van der Waals surface area contributed by atoms with Crippen LogP contribution in [0.5, 0.6) is 0 Å². The number of thioether (sulfide) groups is 1. The molecule has 0 aromatic heterocycles. The summed E-state index contributed by atoms with van der Waals surface area (Å²) in [5, 5.41) is 3.48. The molecule has 0 radical (unpaired) electrons. The van der Waals surface area contributed by atoms with Crippen LogP contribution < -0.4 is 10.2 Å². The molecule has 2 aromatic carbocycles. The van der Waals surface area contributed by atoms with E-state index in [0.717, 1.165) is 4.90 Å². The topological polar surface area (TPSA) is 58.6 Å². The average molecular weight is 365 g/mol. The highest BCUT2D eigenvalue weighted by Crippen LogP contribution is 2.21. The van der Waals surface area contributed by atoms with Crippen molar-refractivity contribution in [1.29, 1.82) is 0 Å². The van der Waals surface area contributed by atoms with Crippen molar-refractivity contribution in [3.8, 4) is 0 Å². The number of ether oxygens (including phenoxy) is 1. The van der Waals surface area contributed by atoms with Crippen LogP contribution in [0.1, 0.15) is 0 Å². The SMILES string of the molecule is COC(=O)N(C)c1ccc(NC(=O)CSc2ccc(Cl)cc2)cc1. The number of methoxy groups -OCH3 is 1. The fraction of sp³-hybridized carbons (Fsp3) is 0.176. The first-order valence-electron chi connectivity index (χ1n) is 7.09. The highest BCUT2D eigenvalue weighted by molar-refractivity contribution is 8.00. The Labute approximate surface area is 149 Å². The number of anilines is 2. The maximum atomic E-state index is 12.0. The van der Waals surface area contributed by atoms with Crippen LogP contribution in [0.15, 0.2) is 53.4 Å². The number of nitrogens with zero attached hydrogens (tertiary/aromatic N) is 1. The molecule has 0 bridgehead atoms. The molecule has 0 aliphatic carbocycles. The second-order valence-electron chi connectivity index (χ2n) is 4.87. The van der Waals surface area contributed by atoms with Crippen molar-refractivity contribution in [1.82, 2.24) is 0 Å². The van der Waals surface area contributed by atoms with Crippen LogP contribution in [-0.4, -0.2) is 31.9 Å². The summed E-state index contributed by atoms with van der Waals surface area (Å²) >= 11 is 7.26. The lowest BCUT2D eigenvalue weighted by Gasteiger charge is -2.15. The van der Waals surface area contributed by atoms with Gasteiger partial charge in [0.2, 0.25) is 5.91 Å². The molecule has 0 aliphatic heterocycles. The van der Waals surface area contributed by atoms with E-state index < -0.39 is 6.09 Å². The Morgan fingerprint density at radius 2 is 1.75 bits per heavy atom. The summed E-state index contributed by atoms with van der Waals surface area (Å²) in [6.07, 6.45) is -0.453. The van der Waals surface area contributed by atoms with E-state index in [1.807, 2.05) is 12.1 Å². The number of benzene rings is 2. The molecule has 0 heterocycles. The fourth-order valence-electron chi connectivity index (χ4n) is 1.89. The molecule has 7 heteroatoms. The lowest BCUT2D eigenvalue weighted by atomic mass is 10.2. The molecular weight excluding hydrogens is 348 g/mol. The molecule has 2 aromatic rings. The van der Waals surface area contributed by atoms with Crippen molar-refractivity contribution in [3.05, 3.63) is 53.6 Å². The van der Waals surface area contributed by atoms with Crippen LogP contribution in [0, 0.1) is 0 Å². The van der Waals surface area contributed by atoms with Gasteiger partial charge in [-0.1, -0.05) is 11.6 Å². The van der Waals surface area contributed by atoms with Crippen LogP contribution in [0.4, 0.5) is 16.2 Å². The summed E-state index contributed by atoms with van der Waals surface area (Å²) < 4.78 is 4.65. The summed E-state index contributed by atoms with van der Waals surface area (Å²) in [6.45, 7) is 0. The number of hydrogen-bond acceptors (Lipinski definition) is 4. The third-order valence-corrected chi connectivity index (χ3v) is 4.43. The molecule has 0 aliphatic rings. The minimum atomic E-state index is -0.453. The molecule has 2 rings (SSSR count). The molecule has 0 saturated carbocycles. The Bertz CT molecular complexity index is 705. The normalized spacial score (nSPS) is 10.1. The molecule has 0 spiro atoms. The molecule has 1 N–H and O–H groups in total. The zero-order valence-corrected chi connectivity index (χ0v) is 14.9. The van der Waals surface area contributed by atoms with Gasteiger partial charge in [-0.2, -0.15) is 0 Å². The minimum Gasteiger partial charge on any atom is -0.452 e. The summed E-state index contributed by atoms with van der Waals surface area (Å²) in [7, 11) is 2.94. The first kappa shape index (κ1) is 18.2. The maximum absolute atomic E-state index is 12.0. The molecule has 0 atom stereocenters. The third kappa shape index (κ3) is 5.18. The standard InChI is InChI=1S/C17H17ClN2O3S/c1-20(17(22)23-2)14-7-5-13(6-8-14)19-16(21)11-24-15-9-3-12(18)4-10-15/h3-10H,11H2,1-2H3,(H,19,21). The summed E-state index contributed by atoms with van der Waals surface area (Å²) in [6, 6.07) is 14.3. The Hall–Kier alpha value is -2.18. The molecule has 0 unspecified atom stereocenters. The molecule has 0 saturated heterocycles. The zero-order chi connectivity index (χ0) is 17.5. The third-order valence-electron chi connectivity index (χ3n) is 3.17. The van der Waals surface area contributed by atoms with Gasteiger partial charge in [0.05, 0.1) is 12.9 Å². The summed E-state index contributed by atoms with van der Waals surface area (Å²) in [4.78, 5) is 25.8. The van der Waals surface area contributed by atoms with E-state index in [1.165, 1.54) is 23.8 Å². The van der Waals surface area contributed by atoms with Crippen LogP contribution >= 0.6 is 23.4 Å². The molecule has 0 fully saturated rings. The number of amides is 2. The van der Waals surface area contributed by atoms with Gasteiger partial charge in [-0.3, -0.25) is 9.69 Å². The monoisotopic (exact) mass is 364 g/mol.